The van der Waals surface area contributed by atoms with E-state index in [1.165, 1.54) is 17.6 Å². The smallest absolute Gasteiger partial charge is 0.311 e. The van der Waals surface area contributed by atoms with Crippen molar-refractivity contribution in [2.45, 2.75) is 26.7 Å². The van der Waals surface area contributed by atoms with E-state index in [4.69, 9.17) is 9.15 Å². The van der Waals surface area contributed by atoms with Crippen molar-refractivity contribution in [1.82, 2.24) is 4.98 Å². The molecule has 2 rings (SSSR count). The quantitative estimate of drug-likeness (QED) is 0.830. The van der Waals surface area contributed by atoms with E-state index in [1.807, 2.05) is 6.92 Å². The number of nitrogens with one attached hydrogen (secondary N) is 1. The van der Waals surface area contributed by atoms with Gasteiger partial charge in [0.25, 0.3) is 5.91 Å². The third-order valence-electron chi connectivity index (χ3n) is 2.71. The van der Waals surface area contributed by atoms with E-state index in [-0.39, 0.29) is 18.3 Å². The number of aromatic nitrogens is 1. The summed E-state index contributed by atoms with van der Waals surface area (Å²) in [6, 6.07) is 1.63. The summed E-state index contributed by atoms with van der Waals surface area (Å²) in [6.07, 6.45) is 2.23. The first-order chi connectivity index (χ1) is 10.1. The first kappa shape index (κ1) is 15.2. The number of carbonyl (C=O) groups is 2. The minimum absolute atomic E-state index is 0.103. The highest BCUT2D eigenvalue weighted by Gasteiger charge is 2.15. The van der Waals surface area contributed by atoms with Crippen molar-refractivity contribution in [1.29, 1.82) is 0 Å². The van der Waals surface area contributed by atoms with Crippen LogP contribution >= 0.6 is 11.3 Å². The highest BCUT2D eigenvalue weighted by atomic mass is 32.1. The standard InChI is InChI=1S/C14H16N2O4S/c1-3-11-10(5-6-20-11)13(18)16-14-15-9(8-21-14)7-12(17)19-4-2/h5-6,8H,3-4,7H2,1-2H3,(H,15,16,18). The highest BCUT2D eigenvalue weighted by Crippen LogP contribution is 2.19. The second kappa shape index (κ2) is 7.03. The van der Waals surface area contributed by atoms with Crippen molar-refractivity contribution < 1.29 is 18.7 Å². The number of rotatable bonds is 6. The number of anilines is 1. The van der Waals surface area contributed by atoms with Crippen LogP contribution in [0.4, 0.5) is 5.13 Å². The van der Waals surface area contributed by atoms with Crippen LogP contribution in [0.2, 0.25) is 0 Å². The molecule has 0 saturated carbocycles. The van der Waals surface area contributed by atoms with E-state index in [0.29, 0.717) is 35.2 Å². The first-order valence-electron chi connectivity index (χ1n) is 6.61. The van der Waals surface area contributed by atoms with Gasteiger partial charge in [-0.3, -0.25) is 14.9 Å². The van der Waals surface area contributed by atoms with Crippen LogP contribution in [0.3, 0.4) is 0 Å². The molecule has 2 heterocycles. The Kier molecular flexibility index (Phi) is 5.10. The SMILES string of the molecule is CCOC(=O)Cc1csc(NC(=O)c2ccoc2CC)n1. The van der Waals surface area contributed by atoms with Crippen molar-refractivity contribution in [2.24, 2.45) is 0 Å². The van der Waals surface area contributed by atoms with E-state index >= 15 is 0 Å². The number of furan rings is 1. The van der Waals surface area contributed by atoms with Gasteiger partial charge in [0.2, 0.25) is 0 Å². The number of nitrogens with zero attached hydrogens (tertiary/aromatic N) is 1. The Bertz CT molecular complexity index is 632. The normalized spacial score (nSPS) is 10.4. The van der Waals surface area contributed by atoms with Crippen molar-refractivity contribution in [3.63, 3.8) is 0 Å². The summed E-state index contributed by atoms with van der Waals surface area (Å²) in [7, 11) is 0. The van der Waals surface area contributed by atoms with Crippen LogP contribution in [-0.2, 0) is 22.4 Å². The molecule has 0 fully saturated rings. The van der Waals surface area contributed by atoms with Crippen LogP contribution in [-0.4, -0.2) is 23.5 Å². The lowest BCUT2D eigenvalue weighted by molar-refractivity contribution is -0.142. The summed E-state index contributed by atoms with van der Waals surface area (Å²) in [5.74, 6) is 0.0391. The molecule has 21 heavy (non-hydrogen) atoms. The van der Waals surface area contributed by atoms with Crippen molar-refractivity contribution in [2.75, 3.05) is 11.9 Å². The average molecular weight is 308 g/mol. The highest BCUT2D eigenvalue weighted by molar-refractivity contribution is 7.14. The lowest BCUT2D eigenvalue weighted by Crippen LogP contribution is -2.13. The van der Waals surface area contributed by atoms with Crippen molar-refractivity contribution in [3.05, 3.63) is 34.7 Å². The molecule has 112 valence electrons. The molecule has 2 aromatic heterocycles. The number of esters is 1. The molecule has 2 aromatic rings. The fourth-order valence-electron chi connectivity index (χ4n) is 1.79. The Morgan fingerprint density at radius 1 is 1.43 bits per heavy atom. The van der Waals surface area contributed by atoms with Gasteiger partial charge in [-0.1, -0.05) is 6.92 Å². The molecule has 0 bridgehead atoms. The number of carbonyl (C=O) groups excluding carboxylic acids is 2. The fraction of sp³-hybridized carbons (Fsp3) is 0.357. The van der Waals surface area contributed by atoms with Gasteiger partial charge in [-0.25, -0.2) is 4.98 Å². The maximum absolute atomic E-state index is 12.1. The molecule has 7 heteroatoms. The van der Waals surface area contributed by atoms with Gasteiger partial charge in [0.05, 0.1) is 30.5 Å². The summed E-state index contributed by atoms with van der Waals surface area (Å²) in [4.78, 5) is 27.6. The van der Waals surface area contributed by atoms with E-state index in [2.05, 4.69) is 10.3 Å². The van der Waals surface area contributed by atoms with Gasteiger partial charge in [-0.15, -0.1) is 11.3 Å². The second-order valence-electron chi connectivity index (χ2n) is 4.19. The summed E-state index contributed by atoms with van der Waals surface area (Å²) in [5.41, 5.74) is 1.08. The Morgan fingerprint density at radius 2 is 2.24 bits per heavy atom. The summed E-state index contributed by atoms with van der Waals surface area (Å²) < 4.78 is 10.1. The number of hydrogen-bond donors (Lipinski definition) is 1. The molecule has 0 aliphatic heterocycles. The van der Waals surface area contributed by atoms with E-state index in [1.54, 1.807) is 18.4 Å². The topological polar surface area (TPSA) is 81.4 Å². The zero-order valence-corrected chi connectivity index (χ0v) is 12.7. The number of aryl methyl sites for hydroxylation is 1. The van der Waals surface area contributed by atoms with Gasteiger partial charge in [0, 0.05) is 11.8 Å². The van der Waals surface area contributed by atoms with Crippen molar-refractivity contribution in [3.8, 4) is 0 Å². The minimum Gasteiger partial charge on any atom is -0.469 e. The van der Waals surface area contributed by atoms with Gasteiger partial charge >= 0.3 is 5.97 Å². The van der Waals surface area contributed by atoms with Crippen LogP contribution < -0.4 is 5.32 Å². The van der Waals surface area contributed by atoms with Gasteiger partial charge in [0.15, 0.2) is 5.13 Å². The van der Waals surface area contributed by atoms with Gasteiger partial charge in [-0.05, 0) is 13.0 Å². The number of ether oxygens (including phenoxy) is 1. The molecule has 0 atom stereocenters. The van der Waals surface area contributed by atoms with E-state index in [9.17, 15) is 9.59 Å². The van der Waals surface area contributed by atoms with Gasteiger partial charge in [0.1, 0.15) is 5.76 Å². The molecule has 1 amide bonds. The molecule has 0 aliphatic carbocycles. The molecule has 0 aromatic carbocycles. The molecule has 0 unspecified atom stereocenters. The van der Waals surface area contributed by atoms with Gasteiger partial charge in [-0.2, -0.15) is 0 Å². The molecule has 0 spiro atoms. The van der Waals surface area contributed by atoms with E-state index < -0.39 is 0 Å². The van der Waals surface area contributed by atoms with Crippen LogP contribution in [0.1, 0.15) is 35.7 Å². The second-order valence-corrected chi connectivity index (χ2v) is 5.05. The third-order valence-corrected chi connectivity index (χ3v) is 3.52. The third kappa shape index (κ3) is 3.91. The fourth-order valence-corrected chi connectivity index (χ4v) is 2.49. The Morgan fingerprint density at radius 3 is 2.95 bits per heavy atom. The van der Waals surface area contributed by atoms with Crippen LogP contribution in [0.25, 0.3) is 0 Å². The molecular formula is C14H16N2O4S. The predicted octanol–water partition coefficient (Wildman–Crippen LogP) is 2.66. The molecule has 6 nitrogen and oxygen atoms in total. The number of thiazole rings is 1. The Balaban J connectivity index is 1.99. The molecule has 0 saturated heterocycles. The molecular weight excluding hydrogens is 292 g/mol. The maximum Gasteiger partial charge on any atom is 0.311 e. The summed E-state index contributed by atoms with van der Waals surface area (Å²) >= 11 is 1.27. The average Bonchev–Trinajstić information content (AvgIpc) is 3.07. The monoisotopic (exact) mass is 308 g/mol. The zero-order chi connectivity index (χ0) is 15.2. The molecule has 0 aliphatic rings. The Labute approximate surface area is 126 Å². The van der Waals surface area contributed by atoms with E-state index in [0.717, 1.165) is 0 Å². The van der Waals surface area contributed by atoms with Crippen LogP contribution in [0, 0.1) is 0 Å². The van der Waals surface area contributed by atoms with Crippen LogP contribution in [0.5, 0.6) is 0 Å². The Hall–Kier alpha value is -2.15. The number of amides is 1. The maximum atomic E-state index is 12.1. The largest absolute Gasteiger partial charge is 0.469 e. The summed E-state index contributed by atoms with van der Waals surface area (Å²) in [5, 5.41) is 4.87. The lowest BCUT2D eigenvalue weighted by atomic mass is 10.2. The van der Waals surface area contributed by atoms with Crippen molar-refractivity contribution >= 4 is 28.3 Å². The first-order valence-corrected chi connectivity index (χ1v) is 7.49. The van der Waals surface area contributed by atoms with Crippen LogP contribution in [0.15, 0.2) is 22.1 Å². The lowest BCUT2D eigenvalue weighted by Gasteiger charge is -2.01. The van der Waals surface area contributed by atoms with Gasteiger partial charge < -0.3 is 9.15 Å². The minimum atomic E-state index is -0.330. The molecule has 0 radical (unpaired) electrons. The number of hydrogen-bond acceptors (Lipinski definition) is 6. The predicted molar refractivity (Wildman–Crippen MR) is 78.5 cm³/mol. The summed E-state index contributed by atoms with van der Waals surface area (Å²) in [6.45, 7) is 4.00. The molecule has 1 N–H and O–H groups in total. The zero-order valence-electron chi connectivity index (χ0n) is 11.8.